The molecule has 2 rings (SSSR count). The Morgan fingerprint density at radius 3 is 2.52 bits per heavy atom. The van der Waals surface area contributed by atoms with Gasteiger partial charge in [-0.2, -0.15) is 0 Å². The quantitative estimate of drug-likeness (QED) is 0.845. The summed E-state index contributed by atoms with van der Waals surface area (Å²) < 4.78 is 0. The Labute approximate surface area is 124 Å². The monoisotopic (exact) mass is 284 g/mol. The van der Waals surface area contributed by atoms with Gasteiger partial charge in [0.1, 0.15) is 0 Å². The highest BCUT2D eigenvalue weighted by atomic mass is 16.1. The minimum Gasteiger partial charge on any atom is -0.399 e. The molecule has 0 bridgehead atoms. The van der Waals surface area contributed by atoms with E-state index < -0.39 is 0 Å². The first-order valence-corrected chi connectivity index (χ1v) is 6.76. The average molecular weight is 284 g/mol. The van der Waals surface area contributed by atoms with Gasteiger partial charge in [-0.25, -0.2) is 0 Å². The zero-order chi connectivity index (χ0) is 15.4. The van der Waals surface area contributed by atoms with Gasteiger partial charge in [-0.15, -0.1) is 0 Å². The molecule has 1 aromatic heterocycles. The van der Waals surface area contributed by atoms with E-state index in [4.69, 9.17) is 5.73 Å². The zero-order valence-corrected chi connectivity index (χ0v) is 12.5. The Morgan fingerprint density at radius 1 is 1.24 bits per heavy atom. The Balaban J connectivity index is 2.23. The molecule has 0 saturated heterocycles. The van der Waals surface area contributed by atoms with Gasteiger partial charge in [0.15, 0.2) is 0 Å². The van der Waals surface area contributed by atoms with E-state index in [1.54, 1.807) is 24.5 Å². The van der Waals surface area contributed by atoms with E-state index in [0.29, 0.717) is 11.3 Å². The van der Waals surface area contributed by atoms with Crippen molar-refractivity contribution in [2.24, 2.45) is 0 Å². The number of amides is 1. The molecule has 1 unspecified atom stereocenters. The molecule has 0 saturated carbocycles. The minimum absolute atomic E-state index is 0.100. The van der Waals surface area contributed by atoms with Crippen LogP contribution in [0.4, 0.5) is 11.4 Å². The number of rotatable bonds is 4. The first-order valence-electron chi connectivity index (χ1n) is 6.76. The smallest absolute Gasteiger partial charge is 0.253 e. The Hall–Kier alpha value is -2.56. The predicted molar refractivity (Wildman–Crippen MR) is 85.3 cm³/mol. The number of pyridine rings is 1. The van der Waals surface area contributed by atoms with Crippen LogP contribution in [0.5, 0.6) is 0 Å². The van der Waals surface area contributed by atoms with Crippen LogP contribution in [-0.2, 0) is 0 Å². The third-order valence-electron chi connectivity index (χ3n) is 3.30. The normalized spacial score (nSPS) is 11.8. The van der Waals surface area contributed by atoms with Crippen LogP contribution >= 0.6 is 0 Å². The number of hydrogen-bond acceptors (Lipinski definition) is 4. The molecule has 3 N–H and O–H groups in total. The van der Waals surface area contributed by atoms with Crippen molar-refractivity contribution in [2.45, 2.75) is 13.0 Å². The van der Waals surface area contributed by atoms with Crippen molar-refractivity contribution in [1.29, 1.82) is 0 Å². The zero-order valence-electron chi connectivity index (χ0n) is 12.5. The number of nitrogen functional groups attached to an aromatic ring is 1. The summed E-state index contributed by atoms with van der Waals surface area (Å²) >= 11 is 0. The van der Waals surface area contributed by atoms with Crippen LogP contribution < -0.4 is 16.0 Å². The molecule has 0 aliphatic carbocycles. The van der Waals surface area contributed by atoms with Gasteiger partial charge in [-0.3, -0.25) is 9.78 Å². The molecule has 1 aromatic carbocycles. The lowest BCUT2D eigenvalue weighted by Gasteiger charge is -2.20. The fourth-order valence-corrected chi connectivity index (χ4v) is 2.14. The SMILES string of the molecule is CC(NC(=O)c1cc(N)ccc1N(C)C)c1ccncc1. The molecule has 0 aliphatic rings. The molecular weight excluding hydrogens is 264 g/mol. The molecule has 1 atom stereocenters. The summed E-state index contributed by atoms with van der Waals surface area (Å²) in [4.78, 5) is 18.4. The van der Waals surface area contributed by atoms with E-state index in [-0.39, 0.29) is 11.9 Å². The van der Waals surface area contributed by atoms with Crippen LogP contribution in [0.2, 0.25) is 0 Å². The van der Waals surface area contributed by atoms with Gasteiger partial charge in [0.25, 0.3) is 5.91 Å². The fourth-order valence-electron chi connectivity index (χ4n) is 2.14. The molecule has 0 radical (unpaired) electrons. The summed E-state index contributed by atoms with van der Waals surface area (Å²) in [5.41, 5.74) is 8.79. The maximum absolute atomic E-state index is 12.5. The lowest BCUT2D eigenvalue weighted by molar-refractivity contribution is 0.0940. The van der Waals surface area contributed by atoms with E-state index in [1.165, 1.54) is 0 Å². The van der Waals surface area contributed by atoms with E-state index in [0.717, 1.165) is 11.3 Å². The van der Waals surface area contributed by atoms with E-state index in [1.807, 2.05) is 44.1 Å². The Kier molecular flexibility index (Phi) is 4.42. The predicted octanol–water partition coefficient (Wildman–Crippen LogP) is 2.22. The number of nitrogens with two attached hydrogens (primary N) is 1. The molecule has 1 amide bonds. The van der Waals surface area contributed by atoms with Crippen molar-refractivity contribution in [1.82, 2.24) is 10.3 Å². The number of nitrogens with zero attached hydrogens (tertiary/aromatic N) is 2. The van der Waals surface area contributed by atoms with Crippen molar-refractivity contribution in [3.63, 3.8) is 0 Å². The van der Waals surface area contributed by atoms with Crippen LogP contribution in [0.1, 0.15) is 28.9 Å². The van der Waals surface area contributed by atoms with Gasteiger partial charge in [0.2, 0.25) is 0 Å². The van der Waals surface area contributed by atoms with Crippen molar-refractivity contribution in [3.05, 3.63) is 53.9 Å². The van der Waals surface area contributed by atoms with E-state index in [2.05, 4.69) is 10.3 Å². The maximum atomic E-state index is 12.5. The van der Waals surface area contributed by atoms with Gasteiger partial charge < -0.3 is 16.0 Å². The molecule has 0 fully saturated rings. The average Bonchev–Trinajstić information content (AvgIpc) is 2.47. The number of carbonyl (C=O) groups is 1. The molecular formula is C16H20N4O. The van der Waals surface area contributed by atoms with E-state index >= 15 is 0 Å². The molecule has 110 valence electrons. The number of hydrogen-bond donors (Lipinski definition) is 2. The summed E-state index contributed by atoms with van der Waals surface area (Å²) in [6.45, 7) is 1.94. The molecule has 0 aliphatic heterocycles. The van der Waals surface area contributed by atoms with Gasteiger partial charge in [-0.05, 0) is 42.8 Å². The summed E-state index contributed by atoms with van der Waals surface area (Å²) in [7, 11) is 3.79. The number of aromatic nitrogens is 1. The molecule has 2 aromatic rings. The Bertz CT molecular complexity index is 625. The number of anilines is 2. The van der Waals surface area contributed by atoms with Crippen LogP contribution in [0.25, 0.3) is 0 Å². The van der Waals surface area contributed by atoms with Gasteiger partial charge >= 0.3 is 0 Å². The molecule has 21 heavy (non-hydrogen) atoms. The maximum Gasteiger partial charge on any atom is 0.253 e. The van der Waals surface area contributed by atoms with Crippen LogP contribution in [-0.4, -0.2) is 25.0 Å². The Morgan fingerprint density at radius 2 is 1.90 bits per heavy atom. The van der Waals surface area contributed by atoms with Gasteiger partial charge in [0, 0.05) is 37.9 Å². The van der Waals surface area contributed by atoms with Gasteiger partial charge in [-0.1, -0.05) is 0 Å². The second kappa shape index (κ2) is 6.26. The summed E-state index contributed by atoms with van der Waals surface area (Å²) in [5, 5.41) is 2.99. The highest BCUT2D eigenvalue weighted by Gasteiger charge is 2.16. The number of nitrogens with one attached hydrogen (secondary N) is 1. The van der Waals surface area contributed by atoms with Crippen molar-refractivity contribution in [3.8, 4) is 0 Å². The second-order valence-electron chi connectivity index (χ2n) is 5.15. The molecule has 5 heteroatoms. The van der Waals surface area contributed by atoms with Crippen molar-refractivity contribution < 1.29 is 4.79 Å². The van der Waals surface area contributed by atoms with Crippen molar-refractivity contribution >= 4 is 17.3 Å². The van der Waals surface area contributed by atoms with Crippen LogP contribution in [0, 0.1) is 0 Å². The summed E-state index contributed by atoms with van der Waals surface area (Å²) in [5.74, 6) is -0.143. The standard InChI is InChI=1S/C16H20N4O/c1-11(12-6-8-18-9-7-12)19-16(21)14-10-13(17)4-5-15(14)20(2)3/h4-11H,17H2,1-3H3,(H,19,21). The van der Waals surface area contributed by atoms with Crippen LogP contribution in [0.15, 0.2) is 42.7 Å². The van der Waals surface area contributed by atoms with Crippen molar-refractivity contribution in [2.75, 3.05) is 24.7 Å². The lowest BCUT2D eigenvalue weighted by atomic mass is 10.1. The first kappa shape index (κ1) is 14.8. The lowest BCUT2D eigenvalue weighted by Crippen LogP contribution is -2.28. The minimum atomic E-state index is -0.143. The summed E-state index contributed by atoms with van der Waals surface area (Å²) in [6.07, 6.45) is 3.42. The largest absolute Gasteiger partial charge is 0.399 e. The fraction of sp³-hybridized carbons (Fsp3) is 0.250. The highest BCUT2D eigenvalue weighted by molar-refractivity contribution is 6.00. The van der Waals surface area contributed by atoms with E-state index in [9.17, 15) is 4.79 Å². The third-order valence-corrected chi connectivity index (χ3v) is 3.30. The van der Waals surface area contributed by atoms with Crippen LogP contribution in [0.3, 0.4) is 0 Å². The number of benzene rings is 1. The van der Waals surface area contributed by atoms with Gasteiger partial charge in [0.05, 0.1) is 11.6 Å². The summed E-state index contributed by atoms with van der Waals surface area (Å²) in [6, 6.07) is 9.01. The highest BCUT2D eigenvalue weighted by Crippen LogP contribution is 2.22. The third kappa shape index (κ3) is 3.51. The second-order valence-corrected chi connectivity index (χ2v) is 5.15. The molecule has 0 spiro atoms. The topological polar surface area (TPSA) is 71.2 Å². The molecule has 5 nitrogen and oxygen atoms in total. The first-order chi connectivity index (χ1) is 9.99. The number of carbonyl (C=O) groups excluding carboxylic acids is 1. The molecule has 1 heterocycles.